The van der Waals surface area contributed by atoms with Crippen molar-refractivity contribution in [1.82, 2.24) is 4.90 Å². The van der Waals surface area contributed by atoms with Crippen LogP contribution < -0.4 is 5.73 Å². The Labute approximate surface area is 122 Å². The highest BCUT2D eigenvalue weighted by Crippen LogP contribution is 2.28. The third kappa shape index (κ3) is 4.90. The molecule has 3 heteroatoms. The van der Waals surface area contributed by atoms with Gasteiger partial charge in [0.15, 0.2) is 0 Å². The molecule has 0 saturated heterocycles. The van der Waals surface area contributed by atoms with Gasteiger partial charge in [-0.25, -0.2) is 0 Å². The van der Waals surface area contributed by atoms with Crippen LogP contribution >= 0.6 is 11.3 Å². The van der Waals surface area contributed by atoms with E-state index in [0.29, 0.717) is 6.04 Å². The van der Waals surface area contributed by atoms with Crippen LogP contribution in [0.25, 0.3) is 0 Å². The number of likely N-dealkylation sites (N-methyl/N-ethyl adjacent to an activating group) is 1. The molecule has 1 aromatic rings. The van der Waals surface area contributed by atoms with E-state index in [1.807, 2.05) is 11.3 Å². The summed E-state index contributed by atoms with van der Waals surface area (Å²) in [6.45, 7) is 1.94. The molecule has 0 bridgehead atoms. The van der Waals surface area contributed by atoms with Crippen LogP contribution in [-0.2, 0) is 6.42 Å². The zero-order valence-electron chi connectivity index (χ0n) is 12.2. The van der Waals surface area contributed by atoms with Gasteiger partial charge in [0, 0.05) is 24.0 Å². The van der Waals surface area contributed by atoms with E-state index in [9.17, 15) is 0 Å². The molecule has 1 unspecified atom stereocenters. The van der Waals surface area contributed by atoms with Gasteiger partial charge < -0.3 is 10.6 Å². The Morgan fingerprint density at radius 1 is 1.37 bits per heavy atom. The van der Waals surface area contributed by atoms with Crippen LogP contribution in [0.4, 0.5) is 0 Å². The van der Waals surface area contributed by atoms with E-state index in [2.05, 4.69) is 29.5 Å². The minimum atomic E-state index is 0.572. The number of hydrogen-bond acceptors (Lipinski definition) is 3. The quantitative estimate of drug-likeness (QED) is 0.828. The molecule has 1 aliphatic carbocycles. The molecule has 19 heavy (non-hydrogen) atoms. The van der Waals surface area contributed by atoms with Gasteiger partial charge in [-0.05, 0) is 37.3 Å². The Morgan fingerprint density at radius 2 is 2.16 bits per heavy atom. The van der Waals surface area contributed by atoms with E-state index in [4.69, 9.17) is 5.73 Å². The van der Waals surface area contributed by atoms with Crippen molar-refractivity contribution in [3.8, 4) is 0 Å². The first kappa shape index (κ1) is 15.0. The summed E-state index contributed by atoms with van der Waals surface area (Å²) in [5.74, 6) is 0.923. The molecule has 1 aromatic heterocycles. The third-order valence-electron chi connectivity index (χ3n) is 4.52. The first-order valence-corrected chi connectivity index (χ1v) is 8.60. The molecule has 0 aliphatic heterocycles. The predicted molar refractivity (Wildman–Crippen MR) is 84.7 cm³/mol. The Bertz CT molecular complexity index is 331. The molecule has 1 fully saturated rings. The predicted octanol–water partition coefficient (Wildman–Crippen LogP) is 3.52. The van der Waals surface area contributed by atoms with Crippen LogP contribution in [0.1, 0.15) is 43.4 Å². The maximum atomic E-state index is 6.00. The van der Waals surface area contributed by atoms with Crippen LogP contribution in [0.2, 0.25) is 0 Å². The Morgan fingerprint density at radius 3 is 2.79 bits per heavy atom. The fourth-order valence-corrected chi connectivity index (χ4v) is 3.89. The standard InChI is InChI=1S/C16H28N2S/c1-18(10-9-16-8-5-11-19-16)15(13-17)12-14-6-3-2-4-7-14/h5,8,11,14-15H,2-4,6-7,9-10,12-13,17H2,1H3. The minimum Gasteiger partial charge on any atom is -0.329 e. The summed E-state index contributed by atoms with van der Waals surface area (Å²) in [4.78, 5) is 3.97. The van der Waals surface area contributed by atoms with Crippen molar-refractivity contribution >= 4 is 11.3 Å². The van der Waals surface area contributed by atoms with Crippen molar-refractivity contribution in [3.05, 3.63) is 22.4 Å². The summed E-state index contributed by atoms with van der Waals surface area (Å²) in [5, 5.41) is 2.16. The lowest BCUT2D eigenvalue weighted by Crippen LogP contribution is -2.40. The number of hydrogen-bond donors (Lipinski definition) is 1. The number of thiophene rings is 1. The normalized spacial score (nSPS) is 18.9. The molecular weight excluding hydrogens is 252 g/mol. The van der Waals surface area contributed by atoms with Crippen LogP contribution in [0.15, 0.2) is 17.5 Å². The van der Waals surface area contributed by atoms with Crippen LogP contribution in [0, 0.1) is 5.92 Å². The lowest BCUT2D eigenvalue weighted by Gasteiger charge is -2.32. The fourth-order valence-electron chi connectivity index (χ4n) is 3.19. The molecule has 2 N–H and O–H groups in total. The molecule has 0 radical (unpaired) electrons. The van der Waals surface area contributed by atoms with E-state index >= 15 is 0 Å². The van der Waals surface area contributed by atoms with Gasteiger partial charge in [0.2, 0.25) is 0 Å². The molecule has 108 valence electrons. The highest BCUT2D eigenvalue weighted by atomic mass is 32.1. The first-order chi connectivity index (χ1) is 9.29. The van der Waals surface area contributed by atoms with E-state index in [1.54, 1.807) is 0 Å². The zero-order valence-corrected chi connectivity index (χ0v) is 13.0. The fraction of sp³-hybridized carbons (Fsp3) is 0.750. The Kier molecular flexibility index (Phi) is 6.35. The van der Waals surface area contributed by atoms with E-state index in [0.717, 1.165) is 25.4 Å². The van der Waals surface area contributed by atoms with Crippen molar-refractivity contribution in [2.75, 3.05) is 20.1 Å². The van der Waals surface area contributed by atoms with Gasteiger partial charge >= 0.3 is 0 Å². The molecule has 0 spiro atoms. The molecule has 0 aromatic carbocycles. The molecule has 0 amide bonds. The van der Waals surface area contributed by atoms with Gasteiger partial charge in [-0.2, -0.15) is 0 Å². The van der Waals surface area contributed by atoms with E-state index < -0.39 is 0 Å². The Balaban J connectivity index is 1.75. The van der Waals surface area contributed by atoms with E-state index in [-0.39, 0.29) is 0 Å². The third-order valence-corrected chi connectivity index (χ3v) is 5.45. The average Bonchev–Trinajstić information content (AvgIpc) is 2.96. The SMILES string of the molecule is CN(CCc1cccs1)C(CN)CC1CCCCC1. The summed E-state index contributed by atoms with van der Waals surface area (Å²) < 4.78 is 0. The summed E-state index contributed by atoms with van der Waals surface area (Å²) >= 11 is 1.86. The highest BCUT2D eigenvalue weighted by Gasteiger charge is 2.20. The summed E-state index contributed by atoms with van der Waals surface area (Å²) in [5.41, 5.74) is 6.00. The van der Waals surface area contributed by atoms with E-state index in [1.165, 1.54) is 43.4 Å². The monoisotopic (exact) mass is 280 g/mol. The largest absolute Gasteiger partial charge is 0.329 e. The second kappa shape index (κ2) is 8.03. The van der Waals surface area contributed by atoms with Crippen molar-refractivity contribution in [2.45, 2.75) is 51.0 Å². The van der Waals surface area contributed by atoms with Gasteiger partial charge in [0.05, 0.1) is 0 Å². The van der Waals surface area contributed by atoms with Gasteiger partial charge in [-0.15, -0.1) is 11.3 Å². The van der Waals surface area contributed by atoms with Crippen LogP contribution in [-0.4, -0.2) is 31.1 Å². The van der Waals surface area contributed by atoms with Gasteiger partial charge in [0.25, 0.3) is 0 Å². The van der Waals surface area contributed by atoms with Crippen molar-refractivity contribution in [1.29, 1.82) is 0 Å². The van der Waals surface area contributed by atoms with Gasteiger partial charge in [-0.1, -0.05) is 38.2 Å². The van der Waals surface area contributed by atoms with Crippen LogP contribution in [0.3, 0.4) is 0 Å². The minimum absolute atomic E-state index is 0.572. The number of nitrogens with two attached hydrogens (primary N) is 1. The first-order valence-electron chi connectivity index (χ1n) is 7.72. The smallest absolute Gasteiger partial charge is 0.0218 e. The highest BCUT2D eigenvalue weighted by molar-refractivity contribution is 7.09. The maximum Gasteiger partial charge on any atom is 0.0218 e. The Hall–Kier alpha value is -0.380. The molecule has 1 saturated carbocycles. The lowest BCUT2D eigenvalue weighted by molar-refractivity contribution is 0.193. The van der Waals surface area contributed by atoms with Crippen LogP contribution in [0.5, 0.6) is 0 Å². The van der Waals surface area contributed by atoms with Gasteiger partial charge in [-0.3, -0.25) is 0 Å². The summed E-state index contributed by atoms with van der Waals surface area (Å²) in [6.07, 6.45) is 9.62. The lowest BCUT2D eigenvalue weighted by atomic mass is 9.84. The molecule has 1 heterocycles. The average molecular weight is 280 g/mol. The van der Waals surface area contributed by atoms with Crippen molar-refractivity contribution in [2.24, 2.45) is 11.7 Å². The maximum absolute atomic E-state index is 6.00. The molecule has 2 rings (SSSR count). The van der Waals surface area contributed by atoms with Crippen molar-refractivity contribution < 1.29 is 0 Å². The number of rotatable bonds is 7. The molecule has 1 aliphatic rings. The second-order valence-corrected chi connectivity index (χ2v) is 6.97. The zero-order chi connectivity index (χ0) is 13.5. The summed E-state index contributed by atoms with van der Waals surface area (Å²) in [6, 6.07) is 4.95. The topological polar surface area (TPSA) is 29.3 Å². The summed E-state index contributed by atoms with van der Waals surface area (Å²) in [7, 11) is 2.24. The number of nitrogens with zero attached hydrogens (tertiary/aromatic N) is 1. The molecule has 1 atom stereocenters. The van der Waals surface area contributed by atoms with Crippen molar-refractivity contribution in [3.63, 3.8) is 0 Å². The molecular formula is C16H28N2S. The van der Waals surface area contributed by atoms with Gasteiger partial charge in [0.1, 0.15) is 0 Å². The molecule has 2 nitrogen and oxygen atoms in total. The second-order valence-electron chi connectivity index (χ2n) is 5.94.